The molecule has 1 fully saturated rings. The summed E-state index contributed by atoms with van der Waals surface area (Å²) in [6, 6.07) is 0. The highest BCUT2D eigenvalue weighted by atomic mass is 16.2. The highest BCUT2D eigenvalue weighted by molar-refractivity contribution is 5.86. The minimum absolute atomic E-state index is 0.0810. The third-order valence-corrected chi connectivity index (χ3v) is 3.67. The van der Waals surface area contributed by atoms with Crippen LogP contribution in [0.3, 0.4) is 0 Å². The Morgan fingerprint density at radius 1 is 1.47 bits per heavy atom. The molecule has 0 heterocycles. The smallest absolute Gasteiger partial charge is 0.223 e. The van der Waals surface area contributed by atoms with Gasteiger partial charge in [0.15, 0.2) is 0 Å². The maximum Gasteiger partial charge on any atom is 0.223 e. The van der Waals surface area contributed by atoms with Crippen LogP contribution in [0.2, 0.25) is 0 Å². The van der Waals surface area contributed by atoms with Crippen molar-refractivity contribution < 1.29 is 9.59 Å². The predicted octanol–water partition coefficient (Wildman–Crippen LogP) is 1.22. The van der Waals surface area contributed by atoms with Gasteiger partial charge in [0.1, 0.15) is 0 Å². The van der Waals surface area contributed by atoms with Gasteiger partial charge in [0.25, 0.3) is 0 Å². The third kappa shape index (κ3) is 3.58. The summed E-state index contributed by atoms with van der Waals surface area (Å²) in [7, 11) is 1.60. The molecule has 0 bridgehead atoms. The van der Waals surface area contributed by atoms with E-state index in [4.69, 9.17) is 5.73 Å². The van der Waals surface area contributed by atoms with Gasteiger partial charge in [0.2, 0.25) is 11.8 Å². The number of primary amides is 1. The lowest BCUT2D eigenvalue weighted by atomic mass is 9.74. The number of carbonyl (C=O) groups excluding carboxylic acids is 2. The zero-order chi connectivity index (χ0) is 12.8. The van der Waals surface area contributed by atoms with Gasteiger partial charge >= 0.3 is 0 Å². The van der Waals surface area contributed by atoms with E-state index in [0.717, 1.165) is 19.3 Å². The lowest BCUT2D eigenvalue weighted by Crippen LogP contribution is -2.40. The maximum atomic E-state index is 11.9. The predicted molar refractivity (Wildman–Crippen MR) is 67.0 cm³/mol. The normalized spacial score (nSPS) is 18.9. The molecule has 17 heavy (non-hydrogen) atoms. The van der Waals surface area contributed by atoms with Crippen LogP contribution in [0.1, 0.15) is 32.1 Å². The number of nitrogens with two attached hydrogens (primary N) is 1. The fourth-order valence-corrected chi connectivity index (χ4v) is 2.39. The summed E-state index contributed by atoms with van der Waals surface area (Å²) in [6.07, 6.45) is 6.45. The number of rotatable bonds is 7. The first-order valence-corrected chi connectivity index (χ1v) is 6.22. The Labute approximate surface area is 103 Å². The molecule has 0 saturated heterocycles. The summed E-state index contributed by atoms with van der Waals surface area (Å²) in [5.41, 5.74) is 5.38. The fourth-order valence-electron chi connectivity index (χ4n) is 2.39. The molecule has 1 aliphatic carbocycles. The zero-order valence-corrected chi connectivity index (χ0v) is 10.4. The van der Waals surface area contributed by atoms with E-state index in [1.807, 2.05) is 0 Å². The average Bonchev–Trinajstić information content (AvgIpc) is 2.24. The molecule has 0 aromatic heterocycles. The molecule has 0 aromatic carbocycles. The Morgan fingerprint density at radius 3 is 2.47 bits per heavy atom. The van der Waals surface area contributed by atoms with Gasteiger partial charge in [-0.25, -0.2) is 0 Å². The van der Waals surface area contributed by atoms with Crippen molar-refractivity contribution in [3.63, 3.8) is 0 Å². The van der Waals surface area contributed by atoms with Crippen molar-refractivity contribution in [3.05, 3.63) is 12.7 Å². The van der Waals surface area contributed by atoms with Crippen LogP contribution in [0.4, 0.5) is 0 Å². The van der Waals surface area contributed by atoms with Gasteiger partial charge in [-0.3, -0.25) is 9.59 Å². The van der Waals surface area contributed by atoms with Crippen LogP contribution in [-0.4, -0.2) is 18.9 Å². The van der Waals surface area contributed by atoms with E-state index in [0.29, 0.717) is 12.3 Å². The van der Waals surface area contributed by atoms with Crippen LogP contribution in [0, 0.1) is 17.8 Å². The van der Waals surface area contributed by atoms with Gasteiger partial charge in [-0.15, -0.1) is 6.58 Å². The molecule has 4 nitrogen and oxygen atoms in total. The topological polar surface area (TPSA) is 72.2 Å². The quantitative estimate of drug-likeness (QED) is 0.654. The van der Waals surface area contributed by atoms with E-state index < -0.39 is 11.8 Å². The molecule has 2 atom stereocenters. The molecule has 1 aliphatic rings. The number of hydrogen-bond acceptors (Lipinski definition) is 2. The summed E-state index contributed by atoms with van der Waals surface area (Å²) in [5.74, 6) is -0.641. The van der Waals surface area contributed by atoms with Gasteiger partial charge in [-0.1, -0.05) is 25.3 Å². The van der Waals surface area contributed by atoms with E-state index in [2.05, 4.69) is 11.9 Å². The zero-order valence-electron chi connectivity index (χ0n) is 10.4. The molecular weight excluding hydrogens is 216 g/mol. The summed E-state index contributed by atoms with van der Waals surface area (Å²) in [6.45, 7) is 3.62. The van der Waals surface area contributed by atoms with Crippen molar-refractivity contribution in [3.8, 4) is 0 Å². The first-order valence-electron chi connectivity index (χ1n) is 6.22. The summed E-state index contributed by atoms with van der Waals surface area (Å²) in [4.78, 5) is 23.3. The second-order valence-electron chi connectivity index (χ2n) is 4.79. The van der Waals surface area contributed by atoms with Crippen LogP contribution >= 0.6 is 0 Å². The van der Waals surface area contributed by atoms with Crippen LogP contribution in [0.5, 0.6) is 0 Å². The van der Waals surface area contributed by atoms with E-state index >= 15 is 0 Å². The first-order chi connectivity index (χ1) is 8.10. The molecule has 2 unspecified atom stereocenters. The maximum absolute atomic E-state index is 11.9. The SMILES string of the molecule is C=CCC(C(N)=O)C(CC1CCC1)C(=O)NC. The Morgan fingerprint density at radius 2 is 2.12 bits per heavy atom. The minimum atomic E-state index is -0.423. The fraction of sp³-hybridized carbons (Fsp3) is 0.692. The van der Waals surface area contributed by atoms with Crippen LogP contribution in [-0.2, 0) is 9.59 Å². The third-order valence-electron chi connectivity index (χ3n) is 3.67. The lowest BCUT2D eigenvalue weighted by Gasteiger charge is -2.31. The highest BCUT2D eigenvalue weighted by Crippen LogP contribution is 2.35. The second kappa shape index (κ2) is 6.42. The number of amides is 2. The van der Waals surface area contributed by atoms with Crippen molar-refractivity contribution in [1.29, 1.82) is 0 Å². The highest BCUT2D eigenvalue weighted by Gasteiger charge is 2.34. The van der Waals surface area contributed by atoms with Crippen LogP contribution < -0.4 is 11.1 Å². The van der Waals surface area contributed by atoms with E-state index in [-0.39, 0.29) is 11.8 Å². The summed E-state index contributed by atoms with van der Waals surface area (Å²) in [5, 5.41) is 2.63. The average molecular weight is 238 g/mol. The molecule has 2 amide bonds. The van der Waals surface area contributed by atoms with Gasteiger partial charge in [-0.05, 0) is 18.8 Å². The van der Waals surface area contributed by atoms with Crippen LogP contribution in [0.15, 0.2) is 12.7 Å². The molecule has 96 valence electrons. The molecule has 1 rings (SSSR count). The van der Waals surface area contributed by atoms with Crippen molar-refractivity contribution >= 4 is 11.8 Å². The van der Waals surface area contributed by atoms with Gasteiger partial charge in [0.05, 0.1) is 11.8 Å². The molecule has 0 aliphatic heterocycles. The Bertz CT molecular complexity index is 298. The summed E-state index contributed by atoms with van der Waals surface area (Å²) < 4.78 is 0. The van der Waals surface area contributed by atoms with Gasteiger partial charge < -0.3 is 11.1 Å². The molecule has 0 spiro atoms. The second-order valence-corrected chi connectivity index (χ2v) is 4.79. The van der Waals surface area contributed by atoms with Crippen molar-refractivity contribution in [2.45, 2.75) is 32.1 Å². The van der Waals surface area contributed by atoms with Crippen LogP contribution in [0.25, 0.3) is 0 Å². The Balaban J connectivity index is 2.73. The molecule has 0 radical (unpaired) electrons. The lowest BCUT2D eigenvalue weighted by molar-refractivity contribution is -0.133. The Kier molecular flexibility index (Phi) is 5.19. The number of carbonyl (C=O) groups is 2. The van der Waals surface area contributed by atoms with E-state index in [9.17, 15) is 9.59 Å². The molecule has 1 saturated carbocycles. The van der Waals surface area contributed by atoms with Crippen molar-refractivity contribution in [2.75, 3.05) is 7.05 Å². The van der Waals surface area contributed by atoms with E-state index in [1.165, 1.54) is 6.42 Å². The van der Waals surface area contributed by atoms with Crippen molar-refractivity contribution in [2.24, 2.45) is 23.5 Å². The number of hydrogen-bond donors (Lipinski definition) is 2. The minimum Gasteiger partial charge on any atom is -0.369 e. The molecule has 3 N–H and O–H groups in total. The number of allylic oxidation sites excluding steroid dienone is 1. The monoisotopic (exact) mass is 238 g/mol. The largest absolute Gasteiger partial charge is 0.369 e. The summed E-state index contributed by atoms with van der Waals surface area (Å²) >= 11 is 0. The van der Waals surface area contributed by atoms with Crippen molar-refractivity contribution in [1.82, 2.24) is 5.32 Å². The van der Waals surface area contributed by atoms with E-state index in [1.54, 1.807) is 13.1 Å². The molecule has 4 heteroatoms. The Hall–Kier alpha value is -1.32. The van der Waals surface area contributed by atoms with Gasteiger partial charge in [0, 0.05) is 7.05 Å². The molecule has 0 aromatic rings. The number of nitrogens with one attached hydrogen (secondary N) is 1. The first kappa shape index (κ1) is 13.7. The molecular formula is C13H22N2O2. The van der Waals surface area contributed by atoms with Gasteiger partial charge in [-0.2, -0.15) is 0 Å². The standard InChI is InChI=1S/C13H22N2O2/c1-3-5-10(12(14)16)11(13(17)15-2)8-9-6-4-7-9/h3,9-11H,1,4-8H2,2H3,(H2,14,16)(H,15,17).